The van der Waals surface area contributed by atoms with Crippen LogP contribution in [0.3, 0.4) is 0 Å². The molecule has 0 spiro atoms. The van der Waals surface area contributed by atoms with Gasteiger partial charge in [-0.2, -0.15) is 0 Å². The van der Waals surface area contributed by atoms with Crippen molar-refractivity contribution in [2.45, 2.75) is 26.4 Å². The molecule has 0 fully saturated rings. The van der Waals surface area contributed by atoms with E-state index in [1.54, 1.807) is 11.9 Å². The second-order valence-corrected chi connectivity index (χ2v) is 7.28. The number of fused-ring (bicyclic) bond motifs is 1. The zero-order valence-corrected chi connectivity index (χ0v) is 17.9. The summed E-state index contributed by atoms with van der Waals surface area (Å²) in [7, 11) is 1.74. The second-order valence-electron chi connectivity index (χ2n) is 7.28. The first-order valence-electron chi connectivity index (χ1n) is 10.3. The molecule has 0 aromatic heterocycles. The standard InChI is InChI=1S/C23H30N4O3/c1-17-8-6-9-19(14-17)30-18(2)15-26-23(24-3)25-12-7-13-27-20-10-4-5-11-21(20)29-16-22(27)28/h4-6,8-11,14,18H,7,12-13,15-16H2,1-3H3,(H2,24,25,26). The number of rotatable bonds is 8. The van der Waals surface area contributed by atoms with Gasteiger partial charge in [0.05, 0.1) is 12.2 Å². The predicted molar refractivity (Wildman–Crippen MR) is 120 cm³/mol. The summed E-state index contributed by atoms with van der Waals surface area (Å²) in [6.45, 7) is 6.10. The Kier molecular flexibility index (Phi) is 7.54. The lowest BCUT2D eigenvalue weighted by molar-refractivity contribution is -0.121. The maximum atomic E-state index is 12.2. The number of amides is 1. The molecule has 2 aromatic rings. The normalized spacial score (nSPS) is 14.6. The van der Waals surface area contributed by atoms with Crippen molar-refractivity contribution < 1.29 is 14.3 Å². The SMILES string of the molecule is CN=C(NCCCN1C(=O)COc2ccccc21)NCC(C)Oc1cccc(C)c1. The topological polar surface area (TPSA) is 75.2 Å². The van der Waals surface area contributed by atoms with E-state index in [0.29, 0.717) is 25.6 Å². The number of nitrogens with one attached hydrogen (secondary N) is 2. The zero-order chi connectivity index (χ0) is 21.3. The number of carbonyl (C=O) groups excluding carboxylic acids is 1. The Bertz CT molecular complexity index is 884. The van der Waals surface area contributed by atoms with Crippen LogP contribution >= 0.6 is 0 Å². The Hall–Kier alpha value is -3.22. The Morgan fingerprint density at radius 1 is 1.23 bits per heavy atom. The van der Waals surface area contributed by atoms with E-state index in [4.69, 9.17) is 9.47 Å². The summed E-state index contributed by atoms with van der Waals surface area (Å²) < 4.78 is 11.4. The van der Waals surface area contributed by atoms with E-state index in [-0.39, 0.29) is 18.6 Å². The summed E-state index contributed by atoms with van der Waals surface area (Å²) in [6, 6.07) is 15.6. The van der Waals surface area contributed by atoms with Crippen molar-refractivity contribution in [2.75, 3.05) is 38.2 Å². The van der Waals surface area contributed by atoms with E-state index in [1.165, 1.54) is 5.56 Å². The molecule has 0 aliphatic carbocycles. The number of guanidine groups is 1. The van der Waals surface area contributed by atoms with Crippen LogP contribution in [0.2, 0.25) is 0 Å². The van der Waals surface area contributed by atoms with Gasteiger partial charge in [-0.25, -0.2) is 0 Å². The van der Waals surface area contributed by atoms with Crippen molar-refractivity contribution in [3.63, 3.8) is 0 Å². The van der Waals surface area contributed by atoms with Crippen LogP contribution in [0.1, 0.15) is 18.9 Å². The first-order chi connectivity index (χ1) is 14.6. The number of aliphatic imine (C=N–C) groups is 1. The van der Waals surface area contributed by atoms with Crippen molar-refractivity contribution in [1.29, 1.82) is 0 Å². The van der Waals surface area contributed by atoms with Gasteiger partial charge in [-0.15, -0.1) is 0 Å². The lowest BCUT2D eigenvalue weighted by Crippen LogP contribution is -2.43. The Morgan fingerprint density at radius 2 is 2.07 bits per heavy atom. The molecule has 1 amide bonds. The van der Waals surface area contributed by atoms with E-state index >= 15 is 0 Å². The van der Waals surface area contributed by atoms with Crippen molar-refractivity contribution >= 4 is 17.6 Å². The second kappa shape index (κ2) is 10.5. The van der Waals surface area contributed by atoms with Crippen LogP contribution in [-0.2, 0) is 4.79 Å². The van der Waals surface area contributed by atoms with Crippen molar-refractivity contribution in [1.82, 2.24) is 10.6 Å². The van der Waals surface area contributed by atoms with Gasteiger partial charge < -0.3 is 25.0 Å². The lowest BCUT2D eigenvalue weighted by atomic mass is 10.2. The van der Waals surface area contributed by atoms with Crippen LogP contribution < -0.4 is 25.0 Å². The molecule has 0 saturated carbocycles. The molecule has 3 rings (SSSR count). The van der Waals surface area contributed by atoms with Gasteiger partial charge in [-0.3, -0.25) is 9.79 Å². The Morgan fingerprint density at radius 3 is 2.87 bits per heavy atom. The molecular formula is C23H30N4O3. The summed E-state index contributed by atoms with van der Waals surface area (Å²) in [5.74, 6) is 2.31. The van der Waals surface area contributed by atoms with E-state index in [0.717, 1.165) is 23.6 Å². The van der Waals surface area contributed by atoms with Crippen molar-refractivity contribution in [3.05, 3.63) is 54.1 Å². The minimum Gasteiger partial charge on any atom is -0.489 e. The summed E-state index contributed by atoms with van der Waals surface area (Å²) in [6.07, 6.45) is 0.781. The molecular weight excluding hydrogens is 380 g/mol. The van der Waals surface area contributed by atoms with E-state index in [2.05, 4.69) is 15.6 Å². The lowest BCUT2D eigenvalue weighted by Gasteiger charge is -2.29. The first kappa shape index (κ1) is 21.5. The quantitative estimate of drug-likeness (QED) is 0.398. The zero-order valence-electron chi connectivity index (χ0n) is 17.9. The molecule has 0 bridgehead atoms. The molecule has 1 aliphatic rings. The number of anilines is 1. The summed E-state index contributed by atoms with van der Waals surface area (Å²) >= 11 is 0. The van der Waals surface area contributed by atoms with E-state index in [9.17, 15) is 4.79 Å². The number of para-hydroxylation sites is 2. The highest BCUT2D eigenvalue weighted by Gasteiger charge is 2.24. The monoisotopic (exact) mass is 410 g/mol. The van der Waals surface area contributed by atoms with Gasteiger partial charge in [0.25, 0.3) is 5.91 Å². The van der Waals surface area contributed by atoms with Crippen LogP contribution in [0.5, 0.6) is 11.5 Å². The number of aryl methyl sites for hydroxylation is 1. The molecule has 1 aliphatic heterocycles. The van der Waals surface area contributed by atoms with Crippen LogP contribution in [0.15, 0.2) is 53.5 Å². The third-order valence-corrected chi connectivity index (χ3v) is 4.77. The third-order valence-electron chi connectivity index (χ3n) is 4.77. The van der Waals surface area contributed by atoms with E-state index in [1.807, 2.05) is 62.4 Å². The number of nitrogens with zero attached hydrogens (tertiary/aromatic N) is 2. The molecule has 2 N–H and O–H groups in total. The largest absolute Gasteiger partial charge is 0.489 e. The number of hydrogen-bond donors (Lipinski definition) is 2. The minimum absolute atomic E-state index is 0.00665. The molecule has 1 unspecified atom stereocenters. The molecule has 0 saturated heterocycles. The maximum absolute atomic E-state index is 12.2. The highest BCUT2D eigenvalue weighted by Crippen LogP contribution is 2.31. The molecule has 7 nitrogen and oxygen atoms in total. The van der Waals surface area contributed by atoms with Crippen LogP contribution in [-0.4, -0.2) is 51.3 Å². The van der Waals surface area contributed by atoms with Crippen molar-refractivity contribution in [3.8, 4) is 11.5 Å². The Labute approximate surface area is 178 Å². The van der Waals surface area contributed by atoms with Gasteiger partial charge in [0.2, 0.25) is 0 Å². The fourth-order valence-electron chi connectivity index (χ4n) is 3.27. The van der Waals surface area contributed by atoms with Gasteiger partial charge in [-0.05, 0) is 50.1 Å². The molecule has 1 atom stereocenters. The third kappa shape index (κ3) is 5.89. The average Bonchev–Trinajstić information content (AvgIpc) is 2.74. The maximum Gasteiger partial charge on any atom is 0.265 e. The number of hydrogen-bond acceptors (Lipinski definition) is 4. The van der Waals surface area contributed by atoms with Crippen LogP contribution in [0.4, 0.5) is 5.69 Å². The fourth-order valence-corrected chi connectivity index (χ4v) is 3.27. The first-order valence-corrected chi connectivity index (χ1v) is 10.3. The summed E-state index contributed by atoms with van der Waals surface area (Å²) in [4.78, 5) is 18.3. The fraction of sp³-hybridized carbons (Fsp3) is 0.391. The van der Waals surface area contributed by atoms with Gasteiger partial charge in [0.15, 0.2) is 12.6 Å². The minimum atomic E-state index is -0.0154. The average molecular weight is 411 g/mol. The summed E-state index contributed by atoms with van der Waals surface area (Å²) in [5.41, 5.74) is 2.00. The molecule has 30 heavy (non-hydrogen) atoms. The van der Waals surface area contributed by atoms with Crippen LogP contribution in [0.25, 0.3) is 0 Å². The number of benzene rings is 2. The Balaban J connectivity index is 1.40. The number of ether oxygens (including phenoxy) is 2. The summed E-state index contributed by atoms with van der Waals surface area (Å²) in [5, 5.41) is 6.57. The van der Waals surface area contributed by atoms with Gasteiger partial charge in [0, 0.05) is 20.1 Å². The smallest absolute Gasteiger partial charge is 0.265 e. The van der Waals surface area contributed by atoms with Gasteiger partial charge >= 0.3 is 0 Å². The molecule has 1 heterocycles. The molecule has 0 radical (unpaired) electrons. The van der Waals surface area contributed by atoms with Gasteiger partial charge in [0.1, 0.15) is 17.6 Å². The molecule has 160 valence electrons. The highest BCUT2D eigenvalue weighted by molar-refractivity contribution is 5.97. The van der Waals surface area contributed by atoms with E-state index < -0.39 is 0 Å². The van der Waals surface area contributed by atoms with Crippen molar-refractivity contribution in [2.24, 2.45) is 4.99 Å². The molecule has 7 heteroatoms. The number of carbonyl (C=O) groups is 1. The molecule has 2 aromatic carbocycles. The van der Waals surface area contributed by atoms with Crippen LogP contribution in [0, 0.1) is 6.92 Å². The highest BCUT2D eigenvalue weighted by atomic mass is 16.5. The predicted octanol–water partition coefficient (Wildman–Crippen LogP) is 2.74. The van der Waals surface area contributed by atoms with Gasteiger partial charge in [-0.1, -0.05) is 24.3 Å².